The summed E-state index contributed by atoms with van der Waals surface area (Å²) in [5.74, 6) is -2.49. The minimum absolute atomic E-state index is 0.0680. The number of sulfonamides is 1. The molecule has 1 N–H and O–H groups in total. The maximum atomic E-state index is 13.7. The van der Waals surface area contributed by atoms with E-state index >= 15 is 0 Å². The third-order valence-corrected chi connectivity index (χ3v) is 5.12. The molecule has 1 fully saturated rings. The highest BCUT2D eigenvalue weighted by Gasteiger charge is 2.41. The number of nitro groups is 1. The highest BCUT2D eigenvalue weighted by Crippen LogP contribution is 2.29. The lowest BCUT2D eigenvalue weighted by molar-refractivity contribution is -0.385. The minimum atomic E-state index is -4.45. The van der Waals surface area contributed by atoms with Crippen LogP contribution in [0.3, 0.4) is 0 Å². The van der Waals surface area contributed by atoms with Gasteiger partial charge < -0.3 is 5.11 Å². The lowest BCUT2D eigenvalue weighted by atomic mass is 10.2. The van der Waals surface area contributed by atoms with E-state index in [-0.39, 0.29) is 13.0 Å². The van der Waals surface area contributed by atoms with Crippen LogP contribution >= 0.6 is 0 Å². The number of aliphatic carboxylic acids is 1. The number of nitro benzene ring substituents is 1. The van der Waals surface area contributed by atoms with Crippen molar-refractivity contribution in [2.75, 3.05) is 6.54 Å². The average Bonchev–Trinajstić information content (AvgIpc) is 2.88. The van der Waals surface area contributed by atoms with Gasteiger partial charge in [-0.2, -0.15) is 4.31 Å². The number of hydrogen-bond donors (Lipinski definition) is 1. The predicted molar refractivity (Wildman–Crippen MR) is 67.6 cm³/mol. The van der Waals surface area contributed by atoms with Crippen molar-refractivity contribution in [3.05, 3.63) is 34.1 Å². The topological polar surface area (TPSA) is 118 Å². The molecule has 114 valence electrons. The molecule has 0 unspecified atom stereocenters. The van der Waals surface area contributed by atoms with E-state index in [0.29, 0.717) is 22.9 Å². The number of rotatable bonds is 4. The Morgan fingerprint density at radius 2 is 2.14 bits per heavy atom. The summed E-state index contributed by atoms with van der Waals surface area (Å²) in [7, 11) is -4.45. The van der Waals surface area contributed by atoms with Crippen LogP contribution in [0.1, 0.15) is 12.8 Å². The summed E-state index contributed by atoms with van der Waals surface area (Å²) < 4.78 is 39.1. The fraction of sp³-hybridized carbons (Fsp3) is 0.364. The molecule has 8 nitrogen and oxygen atoms in total. The number of benzene rings is 1. The fourth-order valence-corrected chi connectivity index (χ4v) is 3.94. The van der Waals surface area contributed by atoms with Gasteiger partial charge in [0.2, 0.25) is 10.0 Å². The molecule has 1 atom stereocenters. The fourth-order valence-electron chi connectivity index (χ4n) is 2.20. The molecule has 0 bridgehead atoms. The van der Waals surface area contributed by atoms with Crippen LogP contribution in [0.4, 0.5) is 10.1 Å². The smallest absolute Gasteiger partial charge is 0.322 e. The number of nitrogens with zero attached hydrogens (tertiary/aromatic N) is 2. The summed E-state index contributed by atoms with van der Waals surface area (Å²) in [6.45, 7) is -0.0680. The summed E-state index contributed by atoms with van der Waals surface area (Å²) in [6.07, 6.45) is 0.442. The normalized spacial score (nSPS) is 19.6. The molecule has 0 amide bonds. The Labute approximate surface area is 119 Å². The molecule has 0 radical (unpaired) electrons. The molecular weight excluding hydrogens is 307 g/mol. The summed E-state index contributed by atoms with van der Waals surface area (Å²) >= 11 is 0. The third kappa shape index (κ3) is 2.72. The molecule has 21 heavy (non-hydrogen) atoms. The molecule has 0 aliphatic carbocycles. The van der Waals surface area contributed by atoms with Crippen molar-refractivity contribution in [1.29, 1.82) is 0 Å². The highest BCUT2D eigenvalue weighted by molar-refractivity contribution is 7.89. The van der Waals surface area contributed by atoms with Crippen molar-refractivity contribution < 1.29 is 27.6 Å². The van der Waals surface area contributed by atoms with Crippen molar-refractivity contribution in [2.45, 2.75) is 23.8 Å². The van der Waals surface area contributed by atoms with E-state index in [1.807, 2.05) is 0 Å². The van der Waals surface area contributed by atoms with E-state index in [9.17, 15) is 27.7 Å². The first-order valence-electron chi connectivity index (χ1n) is 5.93. The zero-order chi connectivity index (χ0) is 15.8. The molecule has 1 aromatic rings. The first-order valence-corrected chi connectivity index (χ1v) is 7.37. The van der Waals surface area contributed by atoms with E-state index in [1.54, 1.807) is 0 Å². The van der Waals surface area contributed by atoms with Gasteiger partial charge in [-0.25, -0.2) is 12.8 Å². The largest absolute Gasteiger partial charge is 0.480 e. The van der Waals surface area contributed by atoms with E-state index in [2.05, 4.69) is 0 Å². The lowest BCUT2D eigenvalue weighted by Gasteiger charge is -2.21. The molecule has 1 aliphatic rings. The quantitative estimate of drug-likeness (QED) is 0.653. The van der Waals surface area contributed by atoms with Crippen LogP contribution in [0.15, 0.2) is 23.1 Å². The van der Waals surface area contributed by atoms with Gasteiger partial charge in [0.1, 0.15) is 16.8 Å². The molecule has 1 aromatic carbocycles. The van der Waals surface area contributed by atoms with Crippen molar-refractivity contribution in [2.24, 2.45) is 0 Å². The van der Waals surface area contributed by atoms with Gasteiger partial charge in [0.25, 0.3) is 5.69 Å². The van der Waals surface area contributed by atoms with Gasteiger partial charge >= 0.3 is 5.97 Å². The second-order valence-corrected chi connectivity index (χ2v) is 6.34. The van der Waals surface area contributed by atoms with E-state index in [0.717, 1.165) is 6.07 Å². The van der Waals surface area contributed by atoms with Crippen molar-refractivity contribution in [3.8, 4) is 0 Å². The number of halogens is 1. The first kappa shape index (κ1) is 15.3. The van der Waals surface area contributed by atoms with Crippen molar-refractivity contribution >= 4 is 21.7 Å². The van der Waals surface area contributed by atoms with E-state index in [4.69, 9.17) is 5.11 Å². The van der Waals surface area contributed by atoms with Gasteiger partial charge in [0.15, 0.2) is 0 Å². The number of carboxylic acids is 1. The Kier molecular flexibility index (Phi) is 3.92. The van der Waals surface area contributed by atoms with Crippen LogP contribution < -0.4 is 0 Å². The number of carbonyl (C=O) groups is 1. The Morgan fingerprint density at radius 3 is 2.71 bits per heavy atom. The molecular formula is C11H11FN2O6S. The monoisotopic (exact) mass is 318 g/mol. The zero-order valence-electron chi connectivity index (χ0n) is 10.6. The third-order valence-electron chi connectivity index (χ3n) is 3.20. The molecule has 10 heteroatoms. The predicted octanol–water partition coefficient (Wildman–Crippen LogP) is 0.972. The molecule has 1 saturated heterocycles. The second-order valence-electron chi connectivity index (χ2n) is 4.48. The molecule has 1 heterocycles. The van der Waals surface area contributed by atoms with Crippen LogP contribution in [-0.4, -0.2) is 41.3 Å². The first-order chi connectivity index (χ1) is 9.75. The van der Waals surface area contributed by atoms with Crippen LogP contribution in [0.25, 0.3) is 0 Å². The van der Waals surface area contributed by atoms with Gasteiger partial charge in [-0.15, -0.1) is 0 Å². The van der Waals surface area contributed by atoms with E-state index < -0.39 is 43.4 Å². The molecule has 1 aliphatic heterocycles. The maximum Gasteiger partial charge on any atom is 0.322 e. The van der Waals surface area contributed by atoms with Gasteiger partial charge in [0, 0.05) is 18.7 Å². The van der Waals surface area contributed by atoms with Gasteiger partial charge in [-0.1, -0.05) is 0 Å². The van der Waals surface area contributed by atoms with Gasteiger partial charge in [0.05, 0.1) is 4.92 Å². The number of non-ortho nitro benzene ring substituents is 1. The van der Waals surface area contributed by atoms with Crippen LogP contribution in [-0.2, 0) is 14.8 Å². The average molecular weight is 318 g/mol. The highest BCUT2D eigenvalue weighted by atomic mass is 32.2. The number of hydrogen-bond acceptors (Lipinski definition) is 5. The summed E-state index contributed by atoms with van der Waals surface area (Å²) in [4.78, 5) is 20.0. The molecule has 0 aromatic heterocycles. The lowest BCUT2D eigenvalue weighted by Crippen LogP contribution is -2.40. The number of carboxylic acid groups (broad SMARTS) is 1. The molecule has 0 spiro atoms. The summed E-state index contributed by atoms with van der Waals surface area (Å²) in [5, 5.41) is 19.7. The van der Waals surface area contributed by atoms with Gasteiger partial charge in [-0.3, -0.25) is 14.9 Å². The SMILES string of the molecule is O=C(O)[C@H]1CCCN1S(=O)(=O)c1cc([N+](=O)[O-])ccc1F. The zero-order valence-corrected chi connectivity index (χ0v) is 11.4. The Morgan fingerprint density at radius 1 is 1.48 bits per heavy atom. The Bertz CT molecular complexity index is 705. The van der Waals surface area contributed by atoms with Crippen LogP contribution in [0.2, 0.25) is 0 Å². The van der Waals surface area contributed by atoms with Gasteiger partial charge in [-0.05, 0) is 18.9 Å². The van der Waals surface area contributed by atoms with Crippen molar-refractivity contribution in [3.63, 3.8) is 0 Å². The summed E-state index contributed by atoms with van der Waals surface area (Å²) in [6, 6.07) is 0.833. The minimum Gasteiger partial charge on any atom is -0.480 e. The van der Waals surface area contributed by atoms with Crippen LogP contribution in [0.5, 0.6) is 0 Å². The standard InChI is InChI=1S/C11H11FN2O6S/c12-8-4-3-7(14(17)18)6-10(8)21(19,20)13-5-1-2-9(13)11(15)16/h3-4,6,9H,1-2,5H2,(H,15,16)/t9-/m1/s1. The molecule has 0 saturated carbocycles. The second kappa shape index (κ2) is 5.37. The van der Waals surface area contributed by atoms with E-state index in [1.165, 1.54) is 0 Å². The van der Waals surface area contributed by atoms with Crippen molar-refractivity contribution in [1.82, 2.24) is 4.31 Å². The maximum absolute atomic E-state index is 13.7. The molecule has 2 rings (SSSR count). The Hall–Kier alpha value is -2.07. The van der Waals surface area contributed by atoms with Crippen LogP contribution in [0, 0.1) is 15.9 Å². The Balaban J connectivity index is 2.51. The summed E-state index contributed by atoms with van der Waals surface area (Å²) in [5.41, 5.74) is -0.582.